The van der Waals surface area contributed by atoms with Crippen LogP contribution in [0.5, 0.6) is 5.75 Å². The van der Waals surface area contributed by atoms with Gasteiger partial charge in [-0.2, -0.15) is 0 Å². The van der Waals surface area contributed by atoms with Crippen molar-refractivity contribution in [3.63, 3.8) is 0 Å². The van der Waals surface area contributed by atoms with Crippen LogP contribution in [0.2, 0.25) is 0 Å². The Balaban J connectivity index is 2.16. The number of hydrogen-bond donors (Lipinski definition) is 1. The Morgan fingerprint density at radius 1 is 1.21 bits per heavy atom. The van der Waals surface area contributed by atoms with Gasteiger partial charge in [0.1, 0.15) is 5.75 Å². The van der Waals surface area contributed by atoms with Crippen molar-refractivity contribution < 1.29 is 4.74 Å². The van der Waals surface area contributed by atoms with Gasteiger partial charge < -0.3 is 10.5 Å². The first-order valence-electron chi connectivity index (χ1n) is 6.61. The molecule has 0 saturated heterocycles. The lowest BCUT2D eigenvalue weighted by molar-refractivity contribution is 0.317. The number of aromatic nitrogens is 1. The van der Waals surface area contributed by atoms with Crippen molar-refractivity contribution in [2.24, 2.45) is 5.73 Å². The van der Waals surface area contributed by atoms with E-state index in [0.29, 0.717) is 0 Å². The van der Waals surface area contributed by atoms with E-state index < -0.39 is 0 Å². The van der Waals surface area contributed by atoms with Crippen molar-refractivity contribution in [2.75, 3.05) is 6.61 Å². The van der Waals surface area contributed by atoms with E-state index >= 15 is 0 Å². The molecule has 0 saturated carbocycles. The summed E-state index contributed by atoms with van der Waals surface area (Å²) >= 11 is 0. The first-order chi connectivity index (χ1) is 9.22. The van der Waals surface area contributed by atoms with Gasteiger partial charge in [0, 0.05) is 12.4 Å². The van der Waals surface area contributed by atoms with Gasteiger partial charge in [0.2, 0.25) is 0 Å². The minimum atomic E-state index is -0.145. The van der Waals surface area contributed by atoms with Crippen LogP contribution in [-0.2, 0) is 0 Å². The molecule has 2 N–H and O–H groups in total. The molecule has 0 aliphatic carbocycles. The molecule has 1 atom stereocenters. The number of pyridine rings is 1. The van der Waals surface area contributed by atoms with Crippen LogP contribution >= 0.6 is 0 Å². The molecule has 19 heavy (non-hydrogen) atoms. The Morgan fingerprint density at radius 2 is 1.95 bits per heavy atom. The summed E-state index contributed by atoms with van der Waals surface area (Å²) in [7, 11) is 0. The Hall–Kier alpha value is -1.87. The molecule has 0 amide bonds. The fourth-order valence-electron chi connectivity index (χ4n) is 1.97. The zero-order valence-electron chi connectivity index (χ0n) is 11.5. The van der Waals surface area contributed by atoms with Crippen LogP contribution in [0.4, 0.5) is 0 Å². The molecule has 1 heterocycles. The quantitative estimate of drug-likeness (QED) is 0.893. The lowest BCUT2D eigenvalue weighted by atomic mass is 9.98. The van der Waals surface area contributed by atoms with E-state index in [1.807, 2.05) is 36.5 Å². The van der Waals surface area contributed by atoms with Gasteiger partial charge in [-0.25, -0.2) is 0 Å². The Morgan fingerprint density at radius 3 is 2.58 bits per heavy atom. The molecular formula is C16H20N2O. The molecule has 1 unspecified atom stereocenters. The van der Waals surface area contributed by atoms with Crippen LogP contribution < -0.4 is 10.5 Å². The van der Waals surface area contributed by atoms with Crippen LogP contribution in [0.1, 0.15) is 36.1 Å². The standard InChI is InChI=1S/C16H20N2O/c1-3-10-19-14-6-4-13(5-7-14)16(17)15-11-18-9-8-12(15)2/h4-9,11,16H,3,10,17H2,1-2H3. The smallest absolute Gasteiger partial charge is 0.119 e. The minimum Gasteiger partial charge on any atom is -0.494 e. The molecule has 0 fully saturated rings. The third-order valence-corrected chi connectivity index (χ3v) is 3.13. The Labute approximate surface area is 114 Å². The molecule has 0 bridgehead atoms. The van der Waals surface area contributed by atoms with E-state index in [2.05, 4.69) is 18.8 Å². The summed E-state index contributed by atoms with van der Waals surface area (Å²) in [6.07, 6.45) is 4.63. The fraction of sp³-hybridized carbons (Fsp3) is 0.312. The first-order valence-corrected chi connectivity index (χ1v) is 6.61. The average molecular weight is 256 g/mol. The third kappa shape index (κ3) is 3.32. The summed E-state index contributed by atoms with van der Waals surface area (Å²) in [6, 6.07) is 9.81. The van der Waals surface area contributed by atoms with Gasteiger partial charge in [-0.05, 0) is 48.2 Å². The SMILES string of the molecule is CCCOc1ccc(C(N)c2cnccc2C)cc1. The van der Waals surface area contributed by atoms with E-state index in [1.54, 1.807) is 6.20 Å². The predicted molar refractivity (Wildman–Crippen MR) is 77.2 cm³/mol. The second-order valence-electron chi connectivity index (χ2n) is 4.63. The zero-order chi connectivity index (χ0) is 13.7. The van der Waals surface area contributed by atoms with Crippen LogP contribution in [0.3, 0.4) is 0 Å². The maximum absolute atomic E-state index is 6.29. The number of nitrogens with zero attached hydrogens (tertiary/aromatic N) is 1. The molecule has 0 aliphatic heterocycles. The van der Waals surface area contributed by atoms with E-state index in [4.69, 9.17) is 10.5 Å². The van der Waals surface area contributed by atoms with Gasteiger partial charge in [0.25, 0.3) is 0 Å². The Bertz CT molecular complexity index is 523. The van der Waals surface area contributed by atoms with E-state index in [1.165, 1.54) is 0 Å². The molecule has 0 aliphatic rings. The summed E-state index contributed by atoms with van der Waals surface area (Å²) in [6.45, 7) is 4.89. The van der Waals surface area contributed by atoms with Crippen LogP contribution in [0, 0.1) is 6.92 Å². The second-order valence-corrected chi connectivity index (χ2v) is 4.63. The van der Waals surface area contributed by atoms with Crippen molar-refractivity contribution >= 4 is 0 Å². The summed E-state index contributed by atoms with van der Waals surface area (Å²) in [5, 5.41) is 0. The molecule has 0 radical (unpaired) electrons. The highest BCUT2D eigenvalue weighted by Gasteiger charge is 2.11. The lowest BCUT2D eigenvalue weighted by Crippen LogP contribution is -2.13. The lowest BCUT2D eigenvalue weighted by Gasteiger charge is -2.15. The van der Waals surface area contributed by atoms with E-state index in [0.717, 1.165) is 35.5 Å². The summed E-state index contributed by atoms with van der Waals surface area (Å²) in [5.74, 6) is 0.890. The number of aryl methyl sites for hydroxylation is 1. The highest BCUT2D eigenvalue weighted by Crippen LogP contribution is 2.23. The zero-order valence-corrected chi connectivity index (χ0v) is 11.5. The maximum atomic E-state index is 6.29. The Kier molecular flexibility index (Phi) is 4.53. The summed E-state index contributed by atoms with van der Waals surface area (Å²) in [5.41, 5.74) is 9.58. The second kappa shape index (κ2) is 6.34. The van der Waals surface area contributed by atoms with Gasteiger partial charge in [-0.1, -0.05) is 19.1 Å². The fourth-order valence-corrected chi connectivity index (χ4v) is 1.97. The van der Waals surface area contributed by atoms with Gasteiger partial charge in [0.05, 0.1) is 12.6 Å². The van der Waals surface area contributed by atoms with E-state index in [-0.39, 0.29) is 6.04 Å². The molecule has 3 nitrogen and oxygen atoms in total. The molecule has 0 spiro atoms. The largest absolute Gasteiger partial charge is 0.494 e. The summed E-state index contributed by atoms with van der Waals surface area (Å²) < 4.78 is 5.57. The number of nitrogens with two attached hydrogens (primary N) is 1. The normalized spacial score (nSPS) is 12.2. The van der Waals surface area contributed by atoms with Gasteiger partial charge in [-0.3, -0.25) is 4.98 Å². The first kappa shape index (κ1) is 13.6. The maximum Gasteiger partial charge on any atom is 0.119 e. The van der Waals surface area contributed by atoms with Crippen molar-refractivity contribution in [1.29, 1.82) is 0 Å². The molecule has 100 valence electrons. The van der Waals surface area contributed by atoms with Crippen LogP contribution in [-0.4, -0.2) is 11.6 Å². The van der Waals surface area contributed by atoms with Crippen molar-refractivity contribution in [1.82, 2.24) is 4.98 Å². The monoisotopic (exact) mass is 256 g/mol. The molecule has 1 aromatic heterocycles. The molecule has 2 rings (SSSR count). The predicted octanol–water partition coefficient (Wildman–Crippen LogP) is 3.23. The number of hydrogen-bond acceptors (Lipinski definition) is 3. The van der Waals surface area contributed by atoms with Gasteiger partial charge in [0.15, 0.2) is 0 Å². The molecular weight excluding hydrogens is 236 g/mol. The number of benzene rings is 1. The van der Waals surface area contributed by atoms with Crippen molar-refractivity contribution in [3.8, 4) is 5.75 Å². The molecule has 3 heteroatoms. The van der Waals surface area contributed by atoms with E-state index in [9.17, 15) is 0 Å². The van der Waals surface area contributed by atoms with Gasteiger partial charge in [-0.15, -0.1) is 0 Å². The number of rotatable bonds is 5. The number of ether oxygens (including phenoxy) is 1. The highest BCUT2D eigenvalue weighted by atomic mass is 16.5. The molecule has 2 aromatic rings. The molecule has 1 aromatic carbocycles. The highest BCUT2D eigenvalue weighted by molar-refractivity contribution is 5.37. The van der Waals surface area contributed by atoms with Crippen LogP contribution in [0.25, 0.3) is 0 Å². The van der Waals surface area contributed by atoms with Gasteiger partial charge >= 0.3 is 0 Å². The van der Waals surface area contributed by atoms with Crippen molar-refractivity contribution in [2.45, 2.75) is 26.3 Å². The van der Waals surface area contributed by atoms with Crippen molar-refractivity contribution in [3.05, 3.63) is 59.4 Å². The topological polar surface area (TPSA) is 48.1 Å². The van der Waals surface area contributed by atoms with Crippen LogP contribution in [0.15, 0.2) is 42.7 Å². The average Bonchev–Trinajstić information content (AvgIpc) is 2.45. The minimum absolute atomic E-state index is 0.145. The summed E-state index contributed by atoms with van der Waals surface area (Å²) in [4.78, 5) is 4.15. The third-order valence-electron chi connectivity index (χ3n) is 3.13.